The fourth-order valence-corrected chi connectivity index (χ4v) is 3.10. The molecule has 0 spiro atoms. The average molecular weight is 267 g/mol. The summed E-state index contributed by atoms with van der Waals surface area (Å²) in [6.45, 7) is 11.0. The third kappa shape index (κ3) is 4.18. The van der Waals surface area contributed by atoms with Gasteiger partial charge in [-0.2, -0.15) is 0 Å². The minimum atomic E-state index is 0.219. The van der Waals surface area contributed by atoms with E-state index >= 15 is 0 Å². The van der Waals surface area contributed by atoms with Gasteiger partial charge in [-0.15, -0.1) is 0 Å². The highest BCUT2D eigenvalue weighted by molar-refractivity contribution is 5.78. The molecule has 1 N–H and O–H groups in total. The first-order chi connectivity index (χ1) is 8.97. The Kier molecular flexibility index (Phi) is 4.85. The van der Waals surface area contributed by atoms with Gasteiger partial charge in [-0.3, -0.25) is 9.69 Å². The van der Waals surface area contributed by atoms with E-state index in [1.54, 1.807) is 0 Å². The molecule has 0 bridgehead atoms. The molecule has 2 fully saturated rings. The van der Waals surface area contributed by atoms with E-state index in [9.17, 15) is 4.79 Å². The second-order valence-corrected chi connectivity index (χ2v) is 6.90. The molecule has 2 aliphatic rings. The van der Waals surface area contributed by atoms with Crippen molar-refractivity contribution in [1.29, 1.82) is 0 Å². The van der Waals surface area contributed by atoms with Crippen LogP contribution in [0.1, 0.15) is 46.5 Å². The van der Waals surface area contributed by atoms with Crippen LogP contribution in [0.3, 0.4) is 0 Å². The van der Waals surface area contributed by atoms with Crippen molar-refractivity contribution in [2.45, 2.75) is 58.0 Å². The predicted molar refractivity (Wildman–Crippen MR) is 78.2 cm³/mol. The van der Waals surface area contributed by atoms with Crippen molar-refractivity contribution in [3.05, 3.63) is 0 Å². The Labute approximate surface area is 117 Å². The van der Waals surface area contributed by atoms with Crippen LogP contribution in [-0.2, 0) is 4.79 Å². The molecule has 4 nitrogen and oxygen atoms in total. The fraction of sp³-hybridized carbons (Fsp3) is 0.933. The minimum absolute atomic E-state index is 0.219. The summed E-state index contributed by atoms with van der Waals surface area (Å²) in [6.07, 6.45) is 5.11. The Morgan fingerprint density at radius 2 is 1.68 bits per heavy atom. The Morgan fingerprint density at radius 3 is 2.21 bits per heavy atom. The predicted octanol–water partition coefficient (Wildman–Crippen LogP) is 1.46. The van der Waals surface area contributed by atoms with Gasteiger partial charge in [0.05, 0.1) is 6.54 Å². The molecule has 110 valence electrons. The molecule has 1 aliphatic carbocycles. The standard InChI is InChI=1S/C15H29N3O/c1-15(2,3)18-10-8-17(9-11-18)14(19)12-16-13-6-4-5-7-13/h13,16H,4-12H2,1-3H3. The molecule has 1 saturated carbocycles. The molecule has 2 rings (SSSR count). The average Bonchev–Trinajstić information content (AvgIpc) is 2.88. The summed E-state index contributed by atoms with van der Waals surface area (Å²) in [5.41, 5.74) is 0.219. The summed E-state index contributed by atoms with van der Waals surface area (Å²) >= 11 is 0. The smallest absolute Gasteiger partial charge is 0.236 e. The Morgan fingerprint density at radius 1 is 1.11 bits per heavy atom. The summed E-state index contributed by atoms with van der Waals surface area (Å²) in [4.78, 5) is 16.6. The van der Waals surface area contributed by atoms with E-state index in [0.29, 0.717) is 12.6 Å². The Bertz CT molecular complexity index is 297. The zero-order chi connectivity index (χ0) is 13.9. The maximum absolute atomic E-state index is 12.2. The minimum Gasteiger partial charge on any atom is -0.339 e. The largest absolute Gasteiger partial charge is 0.339 e. The van der Waals surface area contributed by atoms with Crippen molar-refractivity contribution >= 4 is 5.91 Å². The first-order valence-corrected chi connectivity index (χ1v) is 7.73. The molecular weight excluding hydrogens is 238 g/mol. The van der Waals surface area contributed by atoms with Crippen molar-refractivity contribution in [2.24, 2.45) is 0 Å². The van der Waals surface area contributed by atoms with E-state index in [-0.39, 0.29) is 11.4 Å². The van der Waals surface area contributed by atoms with Gasteiger partial charge in [0.2, 0.25) is 5.91 Å². The van der Waals surface area contributed by atoms with Crippen LogP contribution < -0.4 is 5.32 Å². The number of nitrogens with one attached hydrogen (secondary N) is 1. The second kappa shape index (κ2) is 6.23. The highest BCUT2D eigenvalue weighted by Gasteiger charge is 2.27. The lowest BCUT2D eigenvalue weighted by Crippen LogP contribution is -2.56. The zero-order valence-corrected chi connectivity index (χ0v) is 12.7. The lowest BCUT2D eigenvalue weighted by Gasteiger charge is -2.42. The van der Waals surface area contributed by atoms with Crippen LogP contribution in [0.2, 0.25) is 0 Å². The van der Waals surface area contributed by atoms with Crippen LogP contribution in [0.4, 0.5) is 0 Å². The first kappa shape index (κ1) is 14.8. The zero-order valence-electron chi connectivity index (χ0n) is 12.7. The van der Waals surface area contributed by atoms with Crippen molar-refractivity contribution in [2.75, 3.05) is 32.7 Å². The number of carbonyl (C=O) groups is 1. The molecule has 0 aromatic heterocycles. The van der Waals surface area contributed by atoms with Crippen molar-refractivity contribution in [1.82, 2.24) is 15.1 Å². The Hall–Kier alpha value is -0.610. The Balaban J connectivity index is 1.70. The SMILES string of the molecule is CC(C)(C)N1CCN(C(=O)CNC2CCCC2)CC1. The van der Waals surface area contributed by atoms with Gasteiger partial charge < -0.3 is 10.2 Å². The summed E-state index contributed by atoms with van der Waals surface area (Å²) in [7, 11) is 0. The normalized spacial score (nSPS) is 23.0. The van der Waals surface area contributed by atoms with Gasteiger partial charge in [0.15, 0.2) is 0 Å². The van der Waals surface area contributed by atoms with Gasteiger partial charge in [-0.25, -0.2) is 0 Å². The van der Waals surface area contributed by atoms with Gasteiger partial charge >= 0.3 is 0 Å². The summed E-state index contributed by atoms with van der Waals surface area (Å²) in [5.74, 6) is 0.278. The lowest BCUT2D eigenvalue weighted by atomic mass is 10.0. The molecule has 1 saturated heterocycles. The number of rotatable bonds is 3. The van der Waals surface area contributed by atoms with Crippen molar-refractivity contribution in [3.8, 4) is 0 Å². The van der Waals surface area contributed by atoms with Crippen LogP contribution in [0.25, 0.3) is 0 Å². The van der Waals surface area contributed by atoms with Gasteiger partial charge in [0, 0.05) is 37.8 Å². The van der Waals surface area contributed by atoms with Crippen LogP contribution in [0.15, 0.2) is 0 Å². The number of amides is 1. The van der Waals surface area contributed by atoms with Crippen LogP contribution in [0.5, 0.6) is 0 Å². The quantitative estimate of drug-likeness (QED) is 0.841. The molecular formula is C15H29N3O. The molecule has 1 heterocycles. The molecule has 19 heavy (non-hydrogen) atoms. The molecule has 4 heteroatoms. The molecule has 1 aliphatic heterocycles. The van der Waals surface area contributed by atoms with Crippen LogP contribution in [0, 0.1) is 0 Å². The number of carbonyl (C=O) groups excluding carboxylic acids is 1. The first-order valence-electron chi connectivity index (χ1n) is 7.73. The van der Waals surface area contributed by atoms with Gasteiger partial charge in [0.1, 0.15) is 0 Å². The van der Waals surface area contributed by atoms with E-state index in [1.807, 2.05) is 4.90 Å². The van der Waals surface area contributed by atoms with E-state index in [1.165, 1.54) is 25.7 Å². The summed E-state index contributed by atoms with van der Waals surface area (Å²) < 4.78 is 0. The molecule has 0 atom stereocenters. The monoisotopic (exact) mass is 267 g/mol. The van der Waals surface area contributed by atoms with Crippen molar-refractivity contribution < 1.29 is 4.79 Å². The van der Waals surface area contributed by atoms with E-state index < -0.39 is 0 Å². The number of hydrogen-bond donors (Lipinski definition) is 1. The van der Waals surface area contributed by atoms with E-state index in [2.05, 4.69) is 31.0 Å². The molecule has 0 aromatic carbocycles. The van der Waals surface area contributed by atoms with E-state index in [0.717, 1.165) is 26.2 Å². The maximum atomic E-state index is 12.2. The third-order valence-corrected chi connectivity index (χ3v) is 4.48. The van der Waals surface area contributed by atoms with Crippen LogP contribution >= 0.6 is 0 Å². The van der Waals surface area contributed by atoms with Gasteiger partial charge in [0.25, 0.3) is 0 Å². The van der Waals surface area contributed by atoms with Gasteiger partial charge in [-0.05, 0) is 33.6 Å². The number of hydrogen-bond acceptors (Lipinski definition) is 3. The summed E-state index contributed by atoms with van der Waals surface area (Å²) in [6, 6.07) is 0.583. The second-order valence-electron chi connectivity index (χ2n) is 6.90. The summed E-state index contributed by atoms with van der Waals surface area (Å²) in [5, 5.41) is 3.42. The third-order valence-electron chi connectivity index (χ3n) is 4.48. The number of nitrogens with zero attached hydrogens (tertiary/aromatic N) is 2. The highest BCUT2D eigenvalue weighted by Crippen LogP contribution is 2.18. The van der Waals surface area contributed by atoms with E-state index in [4.69, 9.17) is 0 Å². The highest BCUT2D eigenvalue weighted by atomic mass is 16.2. The van der Waals surface area contributed by atoms with Crippen LogP contribution in [-0.4, -0.2) is 60.0 Å². The molecule has 0 radical (unpaired) electrons. The molecule has 0 aromatic rings. The maximum Gasteiger partial charge on any atom is 0.236 e. The fourth-order valence-electron chi connectivity index (χ4n) is 3.10. The topological polar surface area (TPSA) is 35.6 Å². The molecule has 1 amide bonds. The molecule has 0 unspecified atom stereocenters. The lowest BCUT2D eigenvalue weighted by molar-refractivity contribution is -0.132. The van der Waals surface area contributed by atoms with Gasteiger partial charge in [-0.1, -0.05) is 12.8 Å². The van der Waals surface area contributed by atoms with Crippen molar-refractivity contribution in [3.63, 3.8) is 0 Å². The number of piperazine rings is 1.